The molecule has 1 N–H and O–H groups in total. The summed E-state index contributed by atoms with van der Waals surface area (Å²) in [5, 5.41) is 2.76. The average molecular weight is 189 g/mol. The highest BCUT2D eigenvalue weighted by atomic mass is 19.1. The molecule has 0 aromatic heterocycles. The zero-order chi connectivity index (χ0) is 10.3. The first kappa shape index (κ1) is 11.7. The molecule has 0 unspecified atom stereocenters. The SMILES string of the molecule is C=C(NCN(C)/C(F)=N\CC)OC. The van der Waals surface area contributed by atoms with E-state index in [9.17, 15) is 4.39 Å². The molecule has 4 nitrogen and oxygen atoms in total. The van der Waals surface area contributed by atoms with Gasteiger partial charge in [-0.2, -0.15) is 4.39 Å². The summed E-state index contributed by atoms with van der Waals surface area (Å²) in [6.07, 6.45) is -0.501. The molecule has 0 spiro atoms. The Balaban J connectivity index is 3.80. The van der Waals surface area contributed by atoms with E-state index in [0.717, 1.165) is 0 Å². The van der Waals surface area contributed by atoms with Crippen LogP contribution in [0.2, 0.25) is 0 Å². The highest BCUT2D eigenvalue weighted by Crippen LogP contribution is 1.90. The van der Waals surface area contributed by atoms with E-state index >= 15 is 0 Å². The average Bonchev–Trinajstić information content (AvgIpc) is 2.13. The van der Waals surface area contributed by atoms with E-state index < -0.39 is 6.09 Å². The lowest BCUT2D eigenvalue weighted by Gasteiger charge is -2.17. The molecule has 0 bridgehead atoms. The van der Waals surface area contributed by atoms with Crippen LogP contribution in [0, 0.1) is 0 Å². The molecule has 0 saturated heterocycles. The fourth-order valence-electron chi connectivity index (χ4n) is 0.595. The summed E-state index contributed by atoms with van der Waals surface area (Å²) in [4.78, 5) is 4.92. The van der Waals surface area contributed by atoms with Crippen molar-refractivity contribution in [3.05, 3.63) is 12.5 Å². The summed E-state index contributed by atoms with van der Waals surface area (Å²) in [7, 11) is 3.08. The Hall–Kier alpha value is -1.26. The molecule has 76 valence electrons. The van der Waals surface area contributed by atoms with E-state index in [1.165, 1.54) is 12.0 Å². The van der Waals surface area contributed by atoms with Crippen molar-refractivity contribution in [2.75, 3.05) is 27.4 Å². The second-order valence-electron chi connectivity index (χ2n) is 2.40. The Morgan fingerprint density at radius 1 is 1.69 bits per heavy atom. The fourth-order valence-corrected chi connectivity index (χ4v) is 0.595. The lowest BCUT2D eigenvalue weighted by Crippen LogP contribution is -2.33. The minimum Gasteiger partial charge on any atom is -0.483 e. The van der Waals surface area contributed by atoms with Crippen LogP contribution in [0.4, 0.5) is 4.39 Å². The maximum absolute atomic E-state index is 12.9. The quantitative estimate of drug-likeness (QED) is 0.230. The van der Waals surface area contributed by atoms with Crippen LogP contribution < -0.4 is 5.32 Å². The van der Waals surface area contributed by atoms with Gasteiger partial charge in [0.05, 0.1) is 13.8 Å². The number of halogens is 1. The molecule has 0 amide bonds. The molecule has 0 saturated carbocycles. The Morgan fingerprint density at radius 2 is 2.31 bits per heavy atom. The van der Waals surface area contributed by atoms with Crippen molar-refractivity contribution in [3.8, 4) is 0 Å². The van der Waals surface area contributed by atoms with Crippen LogP contribution >= 0.6 is 0 Å². The largest absolute Gasteiger partial charge is 0.483 e. The van der Waals surface area contributed by atoms with Crippen molar-refractivity contribution in [1.29, 1.82) is 0 Å². The number of hydrogen-bond acceptors (Lipinski definition) is 3. The number of aliphatic imine (C=N–C) groups is 1. The normalized spacial score (nSPS) is 10.9. The first-order chi connectivity index (χ1) is 6.11. The standard InChI is InChI=1S/C8H16FN3O/c1-5-10-8(9)12(3)6-11-7(2)13-4/h11H,2,5-6H2,1,3-4H3/b10-8-. The van der Waals surface area contributed by atoms with Crippen LogP contribution in [0.25, 0.3) is 0 Å². The van der Waals surface area contributed by atoms with Crippen molar-refractivity contribution in [2.24, 2.45) is 4.99 Å². The van der Waals surface area contributed by atoms with Crippen LogP contribution in [0.3, 0.4) is 0 Å². The van der Waals surface area contributed by atoms with Crippen molar-refractivity contribution >= 4 is 6.09 Å². The molecule has 0 rings (SSSR count). The predicted molar refractivity (Wildman–Crippen MR) is 51.0 cm³/mol. The van der Waals surface area contributed by atoms with E-state index in [1.807, 2.05) is 0 Å². The lowest BCUT2D eigenvalue weighted by atomic mass is 10.7. The number of amidine groups is 1. The van der Waals surface area contributed by atoms with Gasteiger partial charge in [-0.15, -0.1) is 0 Å². The molecule has 0 aliphatic heterocycles. The van der Waals surface area contributed by atoms with Gasteiger partial charge >= 0.3 is 0 Å². The summed E-state index contributed by atoms with van der Waals surface area (Å²) in [5.41, 5.74) is 0. The topological polar surface area (TPSA) is 36.9 Å². The molecule has 0 radical (unpaired) electrons. The van der Waals surface area contributed by atoms with E-state index in [2.05, 4.69) is 16.9 Å². The number of methoxy groups -OCH3 is 1. The minimum atomic E-state index is -0.501. The fraction of sp³-hybridized carbons (Fsp3) is 0.625. The van der Waals surface area contributed by atoms with Crippen LogP contribution in [-0.4, -0.2) is 38.4 Å². The molecule has 0 aliphatic rings. The van der Waals surface area contributed by atoms with Gasteiger partial charge in [0.2, 0.25) is 0 Å². The number of hydrogen-bond donors (Lipinski definition) is 1. The van der Waals surface area contributed by atoms with Crippen LogP contribution in [0.1, 0.15) is 6.92 Å². The third-order valence-corrected chi connectivity index (χ3v) is 1.36. The molecule has 0 aliphatic carbocycles. The van der Waals surface area contributed by atoms with Crippen molar-refractivity contribution in [3.63, 3.8) is 0 Å². The number of nitrogens with one attached hydrogen (secondary N) is 1. The molecule has 0 aromatic carbocycles. The maximum Gasteiger partial charge on any atom is 0.281 e. The smallest absolute Gasteiger partial charge is 0.281 e. The number of ether oxygens (including phenoxy) is 1. The Bertz CT molecular complexity index is 194. The molecule has 5 heteroatoms. The van der Waals surface area contributed by atoms with Gasteiger partial charge in [-0.3, -0.25) is 0 Å². The van der Waals surface area contributed by atoms with Gasteiger partial charge in [0.15, 0.2) is 5.88 Å². The third kappa shape index (κ3) is 5.05. The lowest BCUT2D eigenvalue weighted by molar-refractivity contribution is 0.248. The molecule has 13 heavy (non-hydrogen) atoms. The Labute approximate surface area is 78.1 Å². The molecular formula is C8H16FN3O. The number of rotatable bonds is 5. The van der Waals surface area contributed by atoms with Gasteiger partial charge in [-0.05, 0) is 13.5 Å². The second-order valence-corrected chi connectivity index (χ2v) is 2.40. The summed E-state index contributed by atoms with van der Waals surface area (Å²) < 4.78 is 17.7. The Morgan fingerprint density at radius 3 is 2.77 bits per heavy atom. The van der Waals surface area contributed by atoms with E-state index in [0.29, 0.717) is 12.4 Å². The van der Waals surface area contributed by atoms with Gasteiger partial charge in [-0.1, -0.05) is 0 Å². The zero-order valence-corrected chi connectivity index (χ0v) is 8.30. The van der Waals surface area contributed by atoms with Gasteiger partial charge in [0.1, 0.15) is 0 Å². The van der Waals surface area contributed by atoms with Crippen LogP contribution in [0.15, 0.2) is 17.5 Å². The van der Waals surface area contributed by atoms with Crippen LogP contribution in [0.5, 0.6) is 0 Å². The van der Waals surface area contributed by atoms with Gasteiger partial charge < -0.3 is 15.0 Å². The maximum atomic E-state index is 12.9. The molecule has 0 aromatic rings. The summed E-state index contributed by atoms with van der Waals surface area (Å²) in [6.45, 7) is 6.01. The monoisotopic (exact) mass is 189 g/mol. The van der Waals surface area contributed by atoms with Gasteiger partial charge in [0, 0.05) is 13.6 Å². The first-order valence-corrected chi connectivity index (χ1v) is 3.99. The first-order valence-electron chi connectivity index (χ1n) is 3.99. The van der Waals surface area contributed by atoms with Crippen molar-refractivity contribution in [2.45, 2.75) is 6.92 Å². The van der Waals surface area contributed by atoms with E-state index in [-0.39, 0.29) is 6.67 Å². The highest BCUT2D eigenvalue weighted by molar-refractivity contribution is 5.71. The predicted octanol–water partition coefficient (Wildman–Crippen LogP) is 0.928. The number of nitrogens with zero attached hydrogens (tertiary/aromatic N) is 2. The third-order valence-electron chi connectivity index (χ3n) is 1.36. The molecular weight excluding hydrogens is 173 g/mol. The summed E-state index contributed by atoms with van der Waals surface area (Å²) >= 11 is 0. The summed E-state index contributed by atoms with van der Waals surface area (Å²) in [6, 6.07) is 0. The minimum absolute atomic E-state index is 0.280. The summed E-state index contributed by atoms with van der Waals surface area (Å²) in [5.74, 6) is 0.399. The second kappa shape index (κ2) is 6.28. The van der Waals surface area contributed by atoms with Gasteiger partial charge in [-0.25, -0.2) is 4.99 Å². The molecule has 0 heterocycles. The molecule has 0 atom stereocenters. The van der Waals surface area contributed by atoms with E-state index in [4.69, 9.17) is 4.74 Å². The van der Waals surface area contributed by atoms with E-state index in [1.54, 1.807) is 14.0 Å². The Kier molecular flexibility index (Phi) is 5.67. The van der Waals surface area contributed by atoms with Crippen molar-refractivity contribution in [1.82, 2.24) is 10.2 Å². The van der Waals surface area contributed by atoms with Crippen molar-refractivity contribution < 1.29 is 9.13 Å². The van der Waals surface area contributed by atoms with Crippen LogP contribution in [-0.2, 0) is 4.74 Å². The molecule has 0 fully saturated rings. The highest BCUT2D eigenvalue weighted by Gasteiger charge is 2.03. The van der Waals surface area contributed by atoms with Gasteiger partial charge in [0.25, 0.3) is 6.09 Å². The zero-order valence-electron chi connectivity index (χ0n) is 8.30.